The van der Waals surface area contributed by atoms with Gasteiger partial charge in [-0.3, -0.25) is 0 Å². The SMILES string of the molecule is CCNC(=NCc1ccc(Cn2ccnc2)cc1)N1CCC2(CCC2)C1. The van der Waals surface area contributed by atoms with Crippen LogP contribution in [-0.4, -0.2) is 40.0 Å². The number of aromatic nitrogens is 2. The van der Waals surface area contributed by atoms with Gasteiger partial charge in [-0.1, -0.05) is 30.7 Å². The van der Waals surface area contributed by atoms with E-state index in [1.54, 1.807) is 0 Å². The van der Waals surface area contributed by atoms with Crippen LogP contribution in [0.5, 0.6) is 0 Å². The summed E-state index contributed by atoms with van der Waals surface area (Å²) in [6.07, 6.45) is 11.2. The molecule has 0 unspecified atom stereocenters. The highest BCUT2D eigenvalue weighted by atomic mass is 15.3. The zero-order valence-electron chi connectivity index (χ0n) is 15.7. The first-order valence-corrected chi connectivity index (χ1v) is 9.83. The summed E-state index contributed by atoms with van der Waals surface area (Å²) in [6.45, 7) is 7.00. The van der Waals surface area contributed by atoms with E-state index >= 15 is 0 Å². The van der Waals surface area contributed by atoms with E-state index in [9.17, 15) is 0 Å². The molecule has 0 radical (unpaired) electrons. The van der Waals surface area contributed by atoms with E-state index in [1.165, 1.54) is 43.4 Å². The Morgan fingerprint density at radius 1 is 1.19 bits per heavy atom. The summed E-state index contributed by atoms with van der Waals surface area (Å²) >= 11 is 0. The van der Waals surface area contributed by atoms with Gasteiger partial charge in [0.1, 0.15) is 0 Å². The standard InChI is InChI=1S/C21H29N5/c1-2-23-20(26-12-10-21(16-26)8-3-9-21)24-14-18-4-6-19(7-5-18)15-25-13-11-22-17-25/h4-7,11,13,17H,2-3,8-10,12,14-16H2,1H3,(H,23,24). The van der Waals surface area contributed by atoms with Crippen LogP contribution >= 0.6 is 0 Å². The monoisotopic (exact) mass is 351 g/mol. The zero-order chi connectivity index (χ0) is 17.8. The van der Waals surface area contributed by atoms with Crippen LogP contribution in [0.3, 0.4) is 0 Å². The fourth-order valence-electron chi connectivity index (χ4n) is 4.13. The molecule has 5 nitrogen and oxygen atoms in total. The van der Waals surface area contributed by atoms with Crippen LogP contribution in [0.4, 0.5) is 0 Å². The van der Waals surface area contributed by atoms with Crippen LogP contribution in [0, 0.1) is 5.41 Å². The first-order valence-electron chi connectivity index (χ1n) is 9.83. The van der Waals surface area contributed by atoms with Gasteiger partial charge in [-0.2, -0.15) is 0 Å². The molecule has 2 aromatic rings. The quantitative estimate of drug-likeness (QED) is 0.664. The van der Waals surface area contributed by atoms with E-state index in [0.717, 1.165) is 32.1 Å². The molecule has 0 atom stereocenters. The molecular formula is C21H29N5. The molecule has 0 amide bonds. The Hall–Kier alpha value is -2.30. The molecule has 1 N–H and O–H groups in total. The van der Waals surface area contributed by atoms with Crippen molar-refractivity contribution in [3.63, 3.8) is 0 Å². The molecule has 1 saturated carbocycles. The fraction of sp³-hybridized carbons (Fsp3) is 0.524. The number of nitrogens with one attached hydrogen (secondary N) is 1. The second-order valence-corrected chi connectivity index (χ2v) is 7.75. The first kappa shape index (κ1) is 17.1. The van der Waals surface area contributed by atoms with Crippen molar-refractivity contribution in [1.82, 2.24) is 19.8 Å². The molecular weight excluding hydrogens is 322 g/mol. The molecule has 2 fully saturated rings. The van der Waals surface area contributed by atoms with Crippen molar-refractivity contribution in [3.8, 4) is 0 Å². The number of guanidine groups is 1. The Kier molecular flexibility index (Phi) is 4.96. The minimum atomic E-state index is 0.602. The lowest BCUT2D eigenvalue weighted by molar-refractivity contribution is 0.151. The van der Waals surface area contributed by atoms with Crippen LogP contribution in [0.1, 0.15) is 43.7 Å². The summed E-state index contributed by atoms with van der Waals surface area (Å²) in [5.74, 6) is 1.08. The third-order valence-corrected chi connectivity index (χ3v) is 5.85. The third-order valence-electron chi connectivity index (χ3n) is 5.85. The number of hydrogen-bond donors (Lipinski definition) is 1. The van der Waals surface area contributed by atoms with E-state index in [-0.39, 0.29) is 0 Å². The van der Waals surface area contributed by atoms with E-state index in [2.05, 4.69) is 51.0 Å². The van der Waals surface area contributed by atoms with Crippen LogP contribution in [0.15, 0.2) is 48.0 Å². The summed E-state index contributed by atoms with van der Waals surface area (Å²) in [6, 6.07) is 8.77. The highest BCUT2D eigenvalue weighted by Gasteiger charge is 2.43. The summed E-state index contributed by atoms with van der Waals surface area (Å²) in [5, 5.41) is 3.49. The number of hydrogen-bond acceptors (Lipinski definition) is 2. The molecule has 1 aromatic heterocycles. The molecule has 1 aliphatic carbocycles. The molecule has 1 spiro atoms. The van der Waals surface area contributed by atoms with Crippen molar-refractivity contribution in [1.29, 1.82) is 0 Å². The van der Waals surface area contributed by atoms with Gasteiger partial charge >= 0.3 is 0 Å². The maximum absolute atomic E-state index is 4.91. The van der Waals surface area contributed by atoms with Crippen molar-refractivity contribution in [2.75, 3.05) is 19.6 Å². The molecule has 2 heterocycles. The van der Waals surface area contributed by atoms with E-state index < -0.39 is 0 Å². The number of likely N-dealkylation sites (tertiary alicyclic amines) is 1. The Morgan fingerprint density at radius 2 is 2.00 bits per heavy atom. The highest BCUT2D eigenvalue weighted by Crippen LogP contribution is 2.47. The van der Waals surface area contributed by atoms with Crippen LogP contribution in [-0.2, 0) is 13.1 Å². The minimum Gasteiger partial charge on any atom is -0.357 e. The summed E-state index contributed by atoms with van der Waals surface area (Å²) in [7, 11) is 0. The number of imidazole rings is 1. The molecule has 2 aliphatic rings. The molecule has 5 heteroatoms. The Labute approximate surface area is 156 Å². The number of nitrogens with zero attached hydrogens (tertiary/aromatic N) is 4. The van der Waals surface area contributed by atoms with Crippen LogP contribution in [0.25, 0.3) is 0 Å². The maximum atomic E-state index is 4.91. The van der Waals surface area contributed by atoms with E-state index in [0.29, 0.717) is 5.41 Å². The van der Waals surface area contributed by atoms with Gasteiger partial charge in [-0.15, -0.1) is 0 Å². The van der Waals surface area contributed by atoms with Gasteiger partial charge < -0.3 is 14.8 Å². The third kappa shape index (κ3) is 3.76. The van der Waals surface area contributed by atoms with E-state index in [1.807, 2.05) is 18.7 Å². The minimum absolute atomic E-state index is 0.602. The number of aliphatic imine (C=N–C) groups is 1. The average molecular weight is 351 g/mol. The number of benzene rings is 1. The fourth-order valence-corrected chi connectivity index (χ4v) is 4.13. The summed E-state index contributed by atoms with van der Waals surface area (Å²) in [5.41, 5.74) is 3.15. The first-order chi connectivity index (χ1) is 12.8. The molecule has 4 rings (SSSR count). The Morgan fingerprint density at radius 3 is 2.62 bits per heavy atom. The van der Waals surface area contributed by atoms with Gasteiger partial charge in [0.05, 0.1) is 12.9 Å². The maximum Gasteiger partial charge on any atom is 0.194 e. The predicted octanol–water partition coefficient (Wildman–Crippen LogP) is 3.27. The predicted molar refractivity (Wildman–Crippen MR) is 105 cm³/mol. The Balaban J connectivity index is 1.38. The van der Waals surface area contributed by atoms with Gasteiger partial charge in [-0.05, 0) is 42.7 Å². The lowest BCUT2D eigenvalue weighted by Crippen LogP contribution is -2.42. The highest BCUT2D eigenvalue weighted by molar-refractivity contribution is 5.80. The van der Waals surface area contributed by atoms with Crippen LogP contribution < -0.4 is 5.32 Å². The topological polar surface area (TPSA) is 45.5 Å². The van der Waals surface area contributed by atoms with Crippen LogP contribution in [0.2, 0.25) is 0 Å². The summed E-state index contributed by atoms with van der Waals surface area (Å²) in [4.78, 5) is 11.5. The molecule has 26 heavy (non-hydrogen) atoms. The molecule has 1 saturated heterocycles. The lowest BCUT2D eigenvalue weighted by Gasteiger charge is -2.38. The van der Waals surface area contributed by atoms with Gasteiger partial charge in [0.15, 0.2) is 5.96 Å². The molecule has 1 aliphatic heterocycles. The van der Waals surface area contributed by atoms with E-state index in [4.69, 9.17) is 4.99 Å². The van der Waals surface area contributed by atoms with Crippen molar-refractivity contribution >= 4 is 5.96 Å². The van der Waals surface area contributed by atoms with Crippen molar-refractivity contribution in [2.24, 2.45) is 10.4 Å². The average Bonchev–Trinajstić information content (AvgIpc) is 3.29. The van der Waals surface area contributed by atoms with Gasteiger partial charge in [-0.25, -0.2) is 9.98 Å². The molecule has 138 valence electrons. The number of rotatable bonds is 5. The van der Waals surface area contributed by atoms with Crippen molar-refractivity contribution < 1.29 is 0 Å². The molecule has 0 bridgehead atoms. The second-order valence-electron chi connectivity index (χ2n) is 7.75. The normalized spacial score (nSPS) is 19.0. The van der Waals surface area contributed by atoms with Crippen molar-refractivity contribution in [2.45, 2.75) is 45.7 Å². The largest absolute Gasteiger partial charge is 0.357 e. The smallest absolute Gasteiger partial charge is 0.194 e. The van der Waals surface area contributed by atoms with Gasteiger partial charge in [0.2, 0.25) is 0 Å². The second kappa shape index (κ2) is 7.52. The van der Waals surface area contributed by atoms with Gasteiger partial charge in [0.25, 0.3) is 0 Å². The molecule has 1 aromatic carbocycles. The van der Waals surface area contributed by atoms with Gasteiger partial charge in [0, 0.05) is 38.6 Å². The zero-order valence-corrected chi connectivity index (χ0v) is 15.7. The summed E-state index contributed by atoms with van der Waals surface area (Å²) < 4.78 is 2.08. The lowest BCUT2D eigenvalue weighted by atomic mass is 9.68. The van der Waals surface area contributed by atoms with Crippen molar-refractivity contribution in [3.05, 3.63) is 54.1 Å². The Bertz CT molecular complexity index is 728.